The van der Waals surface area contributed by atoms with Crippen LogP contribution in [0.25, 0.3) is 0 Å². The average Bonchev–Trinajstić information content (AvgIpc) is 2.75. The van der Waals surface area contributed by atoms with Crippen LogP contribution in [0.4, 0.5) is 0 Å². The minimum absolute atomic E-state index is 0.340. The molecule has 1 aromatic heterocycles. The molecule has 1 saturated carbocycles. The molecule has 0 aliphatic heterocycles. The van der Waals surface area contributed by atoms with Crippen molar-refractivity contribution in [3.05, 3.63) is 10.6 Å². The molecule has 0 aromatic carbocycles. The van der Waals surface area contributed by atoms with E-state index < -0.39 is 0 Å². The molecule has 4 heteroatoms. The van der Waals surface area contributed by atoms with Gasteiger partial charge in [-0.3, -0.25) is 0 Å². The van der Waals surface area contributed by atoms with E-state index in [9.17, 15) is 5.11 Å². The summed E-state index contributed by atoms with van der Waals surface area (Å²) in [6, 6.07) is 0. The van der Waals surface area contributed by atoms with Gasteiger partial charge in [-0.1, -0.05) is 32.2 Å². The number of aliphatic hydroxyl groups is 1. The molecular formula is C14H24N2OS. The van der Waals surface area contributed by atoms with E-state index in [1.165, 1.54) is 18.0 Å². The van der Waals surface area contributed by atoms with Gasteiger partial charge in [0.1, 0.15) is 0 Å². The van der Waals surface area contributed by atoms with Crippen molar-refractivity contribution in [3.8, 4) is 0 Å². The van der Waals surface area contributed by atoms with Crippen LogP contribution in [0.2, 0.25) is 0 Å². The summed E-state index contributed by atoms with van der Waals surface area (Å²) in [6.45, 7) is 8.81. The van der Waals surface area contributed by atoms with Crippen LogP contribution in [0.3, 0.4) is 0 Å². The number of hydrogen-bond donors (Lipinski definition) is 1. The highest BCUT2D eigenvalue weighted by Crippen LogP contribution is 2.41. The van der Waals surface area contributed by atoms with Gasteiger partial charge in [-0.15, -0.1) is 5.10 Å². The fourth-order valence-electron chi connectivity index (χ4n) is 3.29. The molecule has 0 radical (unpaired) electrons. The zero-order valence-corrected chi connectivity index (χ0v) is 12.6. The number of nitrogens with zero attached hydrogens (tertiary/aromatic N) is 2. The monoisotopic (exact) mass is 268 g/mol. The molecule has 0 amide bonds. The third-order valence-corrected chi connectivity index (χ3v) is 4.83. The number of aliphatic hydroxyl groups excluding tert-OH is 1. The minimum atomic E-state index is -0.368. The van der Waals surface area contributed by atoms with E-state index in [2.05, 4.69) is 37.3 Å². The Morgan fingerprint density at radius 1 is 1.17 bits per heavy atom. The summed E-state index contributed by atoms with van der Waals surface area (Å²) in [5.74, 6) is 2.16. The summed E-state index contributed by atoms with van der Waals surface area (Å²) in [6.07, 6.45) is 3.18. The zero-order chi connectivity index (χ0) is 13.3. The van der Waals surface area contributed by atoms with Crippen molar-refractivity contribution in [1.82, 2.24) is 9.59 Å². The van der Waals surface area contributed by atoms with Crippen LogP contribution in [-0.4, -0.2) is 14.7 Å². The van der Waals surface area contributed by atoms with E-state index in [-0.39, 0.29) is 6.10 Å². The summed E-state index contributed by atoms with van der Waals surface area (Å²) < 4.78 is 4.03. The quantitative estimate of drug-likeness (QED) is 0.907. The first-order valence-corrected chi connectivity index (χ1v) is 7.76. The summed E-state index contributed by atoms with van der Waals surface area (Å²) in [5, 5.41) is 14.8. The lowest BCUT2D eigenvalue weighted by atomic mass is 9.74. The first kappa shape index (κ1) is 13.9. The van der Waals surface area contributed by atoms with Crippen LogP contribution in [0.15, 0.2) is 0 Å². The second-order valence-electron chi connectivity index (χ2n) is 6.30. The number of rotatable bonds is 3. The topological polar surface area (TPSA) is 46.0 Å². The summed E-state index contributed by atoms with van der Waals surface area (Å²) in [5.41, 5.74) is 0.985. The predicted molar refractivity (Wildman–Crippen MR) is 74.6 cm³/mol. The molecule has 0 saturated heterocycles. The SMILES string of the molecule is CC1CC(C)CC(C(O)c2snnc2C(C)C)C1. The van der Waals surface area contributed by atoms with Crippen molar-refractivity contribution >= 4 is 11.5 Å². The standard InChI is InChI=1S/C14H24N2OS/c1-8(2)12-14(18-16-15-12)13(17)11-6-9(3)5-10(4)7-11/h8-11,13,17H,5-7H2,1-4H3. The van der Waals surface area contributed by atoms with Gasteiger partial charge in [0.2, 0.25) is 0 Å². The van der Waals surface area contributed by atoms with Crippen molar-refractivity contribution in [2.75, 3.05) is 0 Å². The minimum Gasteiger partial charge on any atom is -0.387 e. The molecule has 2 rings (SSSR count). The molecule has 3 atom stereocenters. The van der Waals surface area contributed by atoms with E-state index in [1.807, 2.05) is 0 Å². The van der Waals surface area contributed by atoms with Crippen molar-refractivity contribution in [1.29, 1.82) is 0 Å². The third-order valence-electron chi connectivity index (χ3n) is 4.02. The molecule has 1 fully saturated rings. The van der Waals surface area contributed by atoms with Crippen molar-refractivity contribution < 1.29 is 5.11 Å². The first-order chi connectivity index (χ1) is 8.49. The number of hydrogen-bond acceptors (Lipinski definition) is 4. The largest absolute Gasteiger partial charge is 0.387 e. The molecule has 3 unspecified atom stereocenters. The summed E-state index contributed by atoms with van der Waals surface area (Å²) in [4.78, 5) is 0.997. The lowest BCUT2D eigenvalue weighted by Crippen LogP contribution is -2.24. The van der Waals surface area contributed by atoms with Crippen molar-refractivity contribution in [2.24, 2.45) is 17.8 Å². The smallest absolute Gasteiger partial charge is 0.0945 e. The van der Waals surface area contributed by atoms with E-state index in [4.69, 9.17) is 0 Å². The summed E-state index contributed by atoms with van der Waals surface area (Å²) >= 11 is 1.37. The normalized spacial score (nSPS) is 30.7. The van der Waals surface area contributed by atoms with Gasteiger partial charge in [0.05, 0.1) is 16.7 Å². The van der Waals surface area contributed by atoms with Gasteiger partial charge in [0, 0.05) is 0 Å². The Morgan fingerprint density at radius 2 is 1.78 bits per heavy atom. The maximum absolute atomic E-state index is 10.6. The maximum Gasteiger partial charge on any atom is 0.0945 e. The zero-order valence-electron chi connectivity index (χ0n) is 11.8. The van der Waals surface area contributed by atoms with E-state index in [1.54, 1.807) is 0 Å². The van der Waals surface area contributed by atoms with Crippen LogP contribution < -0.4 is 0 Å². The molecule has 102 valence electrons. The van der Waals surface area contributed by atoms with E-state index in [0.717, 1.165) is 35.2 Å². The Hall–Kier alpha value is -0.480. The highest BCUT2D eigenvalue weighted by atomic mass is 32.1. The average molecular weight is 268 g/mol. The van der Waals surface area contributed by atoms with Crippen LogP contribution >= 0.6 is 11.5 Å². The molecular weight excluding hydrogens is 244 g/mol. The van der Waals surface area contributed by atoms with E-state index in [0.29, 0.717) is 11.8 Å². The van der Waals surface area contributed by atoms with Gasteiger partial charge in [-0.2, -0.15) is 0 Å². The van der Waals surface area contributed by atoms with Gasteiger partial charge in [0.15, 0.2) is 0 Å². The van der Waals surface area contributed by atoms with Gasteiger partial charge in [-0.25, -0.2) is 0 Å². The second kappa shape index (κ2) is 5.66. The van der Waals surface area contributed by atoms with Gasteiger partial charge < -0.3 is 5.11 Å². The summed E-state index contributed by atoms with van der Waals surface area (Å²) in [7, 11) is 0. The second-order valence-corrected chi connectivity index (χ2v) is 7.09. The van der Waals surface area contributed by atoms with Crippen LogP contribution in [0, 0.1) is 17.8 Å². The van der Waals surface area contributed by atoms with E-state index >= 15 is 0 Å². The van der Waals surface area contributed by atoms with Crippen LogP contribution in [0.1, 0.15) is 69.6 Å². The lowest BCUT2D eigenvalue weighted by Gasteiger charge is -2.34. The molecule has 1 aromatic rings. The van der Waals surface area contributed by atoms with Crippen molar-refractivity contribution in [2.45, 2.75) is 59.0 Å². The molecule has 18 heavy (non-hydrogen) atoms. The van der Waals surface area contributed by atoms with Gasteiger partial charge in [0.25, 0.3) is 0 Å². The Bertz CT molecular complexity index is 381. The predicted octanol–water partition coefficient (Wildman–Crippen LogP) is 3.77. The Balaban J connectivity index is 2.15. The first-order valence-electron chi connectivity index (χ1n) is 6.99. The molecule has 1 aliphatic rings. The fourth-order valence-corrected chi connectivity index (χ4v) is 4.18. The third kappa shape index (κ3) is 2.91. The van der Waals surface area contributed by atoms with Gasteiger partial charge >= 0.3 is 0 Å². The molecule has 0 bridgehead atoms. The van der Waals surface area contributed by atoms with Crippen LogP contribution in [-0.2, 0) is 0 Å². The number of aromatic nitrogens is 2. The lowest BCUT2D eigenvalue weighted by molar-refractivity contribution is 0.0568. The highest BCUT2D eigenvalue weighted by molar-refractivity contribution is 7.05. The van der Waals surface area contributed by atoms with Gasteiger partial charge in [-0.05, 0) is 54.5 Å². The van der Waals surface area contributed by atoms with Crippen molar-refractivity contribution in [3.63, 3.8) is 0 Å². The highest BCUT2D eigenvalue weighted by Gasteiger charge is 2.32. The Morgan fingerprint density at radius 3 is 2.33 bits per heavy atom. The molecule has 0 spiro atoms. The molecule has 1 heterocycles. The maximum atomic E-state index is 10.6. The Labute approximate surface area is 114 Å². The molecule has 1 aliphatic carbocycles. The Kier molecular flexibility index (Phi) is 4.38. The fraction of sp³-hybridized carbons (Fsp3) is 0.857. The van der Waals surface area contributed by atoms with Crippen LogP contribution in [0.5, 0.6) is 0 Å². The molecule has 1 N–H and O–H groups in total. The molecule has 3 nitrogen and oxygen atoms in total.